The van der Waals surface area contributed by atoms with Crippen LogP contribution in [0.25, 0.3) is 11.0 Å². The molecule has 0 aliphatic heterocycles. The average Bonchev–Trinajstić information content (AvgIpc) is 2.91. The zero-order valence-electron chi connectivity index (χ0n) is 13.7. The van der Waals surface area contributed by atoms with Gasteiger partial charge in [-0.05, 0) is 25.1 Å². The Balaban J connectivity index is 1.73. The van der Waals surface area contributed by atoms with E-state index in [9.17, 15) is 14.9 Å². The first-order valence-electron chi connectivity index (χ1n) is 7.59. The van der Waals surface area contributed by atoms with Crippen molar-refractivity contribution >= 4 is 40.1 Å². The third-order valence-corrected chi connectivity index (χ3v) is 4.87. The molecule has 7 nitrogen and oxygen atoms in total. The molecule has 1 N–H and O–H groups in total. The van der Waals surface area contributed by atoms with Crippen LogP contribution in [-0.2, 0) is 11.8 Å². The fourth-order valence-corrected chi connectivity index (χ4v) is 3.27. The molecular formula is C17H16N4O3S. The molecule has 0 fully saturated rings. The van der Waals surface area contributed by atoms with Crippen LogP contribution in [0.5, 0.6) is 0 Å². The Morgan fingerprint density at radius 1 is 1.28 bits per heavy atom. The molecule has 3 aromatic rings. The van der Waals surface area contributed by atoms with Crippen LogP contribution in [0.4, 0.5) is 11.4 Å². The van der Waals surface area contributed by atoms with E-state index in [1.165, 1.54) is 30.0 Å². The third-order valence-electron chi connectivity index (χ3n) is 3.72. The van der Waals surface area contributed by atoms with Crippen molar-refractivity contribution in [3.05, 3.63) is 58.6 Å². The number of amides is 1. The van der Waals surface area contributed by atoms with E-state index in [1.807, 2.05) is 35.9 Å². The smallest absolute Gasteiger partial charge is 0.271 e. The van der Waals surface area contributed by atoms with Gasteiger partial charge in [0.2, 0.25) is 5.91 Å². The summed E-state index contributed by atoms with van der Waals surface area (Å²) >= 11 is 1.34. The summed E-state index contributed by atoms with van der Waals surface area (Å²) in [5.74, 6) is -0.238. The molecule has 0 bridgehead atoms. The van der Waals surface area contributed by atoms with Crippen LogP contribution in [0.1, 0.15) is 6.92 Å². The maximum Gasteiger partial charge on any atom is 0.271 e. The summed E-state index contributed by atoms with van der Waals surface area (Å²) in [6, 6.07) is 13.6. The highest BCUT2D eigenvalue weighted by atomic mass is 32.2. The van der Waals surface area contributed by atoms with Gasteiger partial charge in [-0.15, -0.1) is 0 Å². The van der Waals surface area contributed by atoms with Gasteiger partial charge < -0.3 is 9.88 Å². The Kier molecular flexibility index (Phi) is 4.71. The van der Waals surface area contributed by atoms with Gasteiger partial charge in [0.1, 0.15) is 0 Å². The maximum atomic E-state index is 12.4. The summed E-state index contributed by atoms with van der Waals surface area (Å²) in [6.07, 6.45) is 0. The van der Waals surface area contributed by atoms with Gasteiger partial charge in [0.25, 0.3) is 5.69 Å². The summed E-state index contributed by atoms with van der Waals surface area (Å²) in [7, 11) is 1.91. The number of benzene rings is 2. The van der Waals surface area contributed by atoms with Crippen LogP contribution in [0.15, 0.2) is 53.7 Å². The molecule has 3 rings (SSSR count). The number of thioether (sulfide) groups is 1. The molecule has 2 aromatic carbocycles. The highest BCUT2D eigenvalue weighted by molar-refractivity contribution is 8.00. The van der Waals surface area contributed by atoms with E-state index in [-0.39, 0.29) is 11.6 Å². The Morgan fingerprint density at radius 2 is 2.04 bits per heavy atom. The molecule has 0 aliphatic rings. The number of fused-ring (bicyclic) bond motifs is 1. The number of nitro benzene ring substituents is 1. The van der Waals surface area contributed by atoms with Crippen LogP contribution < -0.4 is 5.32 Å². The normalized spacial score (nSPS) is 12.1. The first-order valence-corrected chi connectivity index (χ1v) is 8.47. The largest absolute Gasteiger partial charge is 0.325 e. The van der Waals surface area contributed by atoms with Crippen LogP contribution in [0.2, 0.25) is 0 Å². The number of nitrogens with one attached hydrogen (secondary N) is 1. The van der Waals surface area contributed by atoms with E-state index in [2.05, 4.69) is 10.3 Å². The number of aryl methyl sites for hydroxylation is 1. The number of anilines is 1. The van der Waals surface area contributed by atoms with E-state index in [0.717, 1.165) is 16.2 Å². The molecular weight excluding hydrogens is 340 g/mol. The second-order valence-corrected chi connectivity index (χ2v) is 6.81. The standard InChI is InChI=1S/C17H16N4O3S/c1-11(16(22)18-12-6-5-7-13(10-12)21(23)24)25-17-19-14-8-3-4-9-15(14)20(17)2/h3-11H,1-2H3,(H,18,22)/t11-/m1/s1. The molecule has 0 unspecified atom stereocenters. The zero-order chi connectivity index (χ0) is 18.0. The molecule has 128 valence electrons. The van der Waals surface area contributed by atoms with Crippen molar-refractivity contribution in [1.29, 1.82) is 0 Å². The predicted octanol–water partition coefficient (Wildman–Crippen LogP) is 3.60. The lowest BCUT2D eigenvalue weighted by molar-refractivity contribution is -0.384. The SMILES string of the molecule is C[C@@H](Sc1nc2ccccc2n1C)C(=O)Nc1cccc([N+](=O)[O-])c1. The monoisotopic (exact) mass is 356 g/mol. The van der Waals surface area contributed by atoms with Gasteiger partial charge in [0.15, 0.2) is 5.16 Å². The zero-order valence-corrected chi connectivity index (χ0v) is 14.5. The van der Waals surface area contributed by atoms with Gasteiger partial charge >= 0.3 is 0 Å². The molecule has 0 radical (unpaired) electrons. The number of carbonyl (C=O) groups is 1. The molecule has 0 spiro atoms. The minimum Gasteiger partial charge on any atom is -0.325 e. The average molecular weight is 356 g/mol. The van der Waals surface area contributed by atoms with E-state index >= 15 is 0 Å². The predicted molar refractivity (Wildman–Crippen MR) is 97.8 cm³/mol. The summed E-state index contributed by atoms with van der Waals surface area (Å²) in [4.78, 5) is 27.2. The first-order chi connectivity index (χ1) is 12.0. The highest BCUT2D eigenvalue weighted by Gasteiger charge is 2.19. The molecule has 8 heteroatoms. The van der Waals surface area contributed by atoms with Crippen LogP contribution in [0, 0.1) is 10.1 Å². The number of para-hydroxylation sites is 2. The number of non-ortho nitro benzene ring substituents is 1. The van der Waals surface area contributed by atoms with Gasteiger partial charge in [-0.3, -0.25) is 14.9 Å². The lowest BCUT2D eigenvalue weighted by Gasteiger charge is -2.11. The molecule has 1 amide bonds. The topological polar surface area (TPSA) is 90.1 Å². The molecule has 1 aromatic heterocycles. The van der Waals surface area contributed by atoms with E-state index in [1.54, 1.807) is 13.0 Å². The first kappa shape index (κ1) is 17.0. The maximum absolute atomic E-state index is 12.4. The molecule has 25 heavy (non-hydrogen) atoms. The van der Waals surface area contributed by atoms with Crippen molar-refractivity contribution in [2.24, 2.45) is 7.05 Å². The Bertz CT molecular complexity index is 954. The minimum absolute atomic E-state index is 0.0616. The molecule has 0 aliphatic carbocycles. The summed E-state index contributed by atoms with van der Waals surface area (Å²) < 4.78 is 1.94. The van der Waals surface area contributed by atoms with E-state index in [0.29, 0.717) is 5.69 Å². The number of carbonyl (C=O) groups excluding carboxylic acids is 1. The van der Waals surface area contributed by atoms with Crippen LogP contribution >= 0.6 is 11.8 Å². The van der Waals surface area contributed by atoms with Crippen molar-refractivity contribution in [3.8, 4) is 0 Å². The highest BCUT2D eigenvalue weighted by Crippen LogP contribution is 2.27. The van der Waals surface area contributed by atoms with Crippen LogP contribution in [-0.4, -0.2) is 25.6 Å². The van der Waals surface area contributed by atoms with Crippen molar-refractivity contribution in [1.82, 2.24) is 9.55 Å². The second-order valence-electron chi connectivity index (χ2n) is 5.50. The summed E-state index contributed by atoms with van der Waals surface area (Å²) in [5, 5.41) is 13.9. The molecule has 1 atom stereocenters. The molecule has 1 heterocycles. The van der Waals surface area contributed by atoms with Crippen molar-refractivity contribution in [2.75, 3.05) is 5.32 Å². The Hall–Kier alpha value is -2.87. The van der Waals surface area contributed by atoms with Gasteiger partial charge in [0.05, 0.1) is 21.2 Å². The Labute approximate surface area is 148 Å². The van der Waals surface area contributed by atoms with Crippen molar-refractivity contribution in [3.63, 3.8) is 0 Å². The number of nitrogens with zero attached hydrogens (tertiary/aromatic N) is 3. The number of rotatable bonds is 5. The van der Waals surface area contributed by atoms with Gasteiger partial charge in [-0.2, -0.15) is 0 Å². The van der Waals surface area contributed by atoms with Gasteiger partial charge in [-0.1, -0.05) is 30.0 Å². The van der Waals surface area contributed by atoms with Crippen molar-refractivity contribution < 1.29 is 9.72 Å². The fourth-order valence-electron chi connectivity index (χ4n) is 2.38. The number of hydrogen-bond acceptors (Lipinski definition) is 5. The lowest BCUT2D eigenvalue weighted by Crippen LogP contribution is -2.22. The number of aromatic nitrogens is 2. The van der Waals surface area contributed by atoms with Crippen LogP contribution in [0.3, 0.4) is 0 Å². The third kappa shape index (κ3) is 3.63. The van der Waals surface area contributed by atoms with Gasteiger partial charge in [-0.25, -0.2) is 4.98 Å². The Morgan fingerprint density at radius 3 is 2.76 bits per heavy atom. The number of nitro groups is 1. The number of imidazole rings is 1. The molecule has 0 saturated heterocycles. The summed E-state index contributed by atoms with van der Waals surface area (Å²) in [6.45, 7) is 1.77. The van der Waals surface area contributed by atoms with Gasteiger partial charge in [0, 0.05) is 24.9 Å². The van der Waals surface area contributed by atoms with E-state index in [4.69, 9.17) is 0 Å². The minimum atomic E-state index is -0.493. The number of hydrogen-bond donors (Lipinski definition) is 1. The fraction of sp³-hybridized carbons (Fsp3) is 0.176. The lowest BCUT2D eigenvalue weighted by atomic mass is 10.2. The summed E-state index contributed by atoms with van der Waals surface area (Å²) in [5.41, 5.74) is 2.21. The van der Waals surface area contributed by atoms with Crippen molar-refractivity contribution in [2.45, 2.75) is 17.3 Å². The second kappa shape index (κ2) is 6.94. The van der Waals surface area contributed by atoms with E-state index < -0.39 is 10.2 Å². The molecule has 0 saturated carbocycles. The quantitative estimate of drug-likeness (QED) is 0.428.